The minimum Gasteiger partial charge on any atom is -0.452 e. The van der Waals surface area contributed by atoms with Crippen LogP contribution >= 0.6 is 23.2 Å². The molecule has 1 fully saturated rings. The Morgan fingerprint density at radius 1 is 1.20 bits per heavy atom. The Hall–Kier alpha value is -1.26. The number of amides is 1. The number of carbonyl (C=O) groups excluding carboxylic acids is 2. The molecule has 1 aliphatic rings. The SMILES string of the molecule is O=C(COC(=O)c1c(Cl)cccc1Cl)NC1CCCC1. The van der Waals surface area contributed by atoms with E-state index >= 15 is 0 Å². The Labute approximate surface area is 127 Å². The Bertz CT molecular complexity index is 493. The van der Waals surface area contributed by atoms with Gasteiger partial charge in [0, 0.05) is 6.04 Å². The molecular formula is C14H15Cl2NO3. The third kappa shape index (κ3) is 3.87. The number of esters is 1. The van der Waals surface area contributed by atoms with Crippen molar-refractivity contribution >= 4 is 35.1 Å². The molecule has 0 heterocycles. The number of carbonyl (C=O) groups is 2. The van der Waals surface area contributed by atoms with Crippen LogP contribution in [0, 0.1) is 0 Å². The molecule has 6 heteroatoms. The molecule has 1 aromatic rings. The van der Waals surface area contributed by atoms with Crippen LogP contribution in [0.4, 0.5) is 0 Å². The van der Waals surface area contributed by atoms with Gasteiger partial charge in [-0.05, 0) is 25.0 Å². The zero-order valence-electron chi connectivity index (χ0n) is 10.8. The number of nitrogens with one attached hydrogen (secondary N) is 1. The minimum atomic E-state index is -0.692. The highest BCUT2D eigenvalue weighted by Gasteiger charge is 2.20. The summed E-state index contributed by atoms with van der Waals surface area (Å²) in [6, 6.07) is 4.92. The maximum absolute atomic E-state index is 11.9. The molecule has 0 bridgehead atoms. The summed E-state index contributed by atoms with van der Waals surface area (Å²) in [6.45, 7) is -0.323. The second-order valence-electron chi connectivity index (χ2n) is 4.72. The van der Waals surface area contributed by atoms with E-state index in [1.165, 1.54) is 0 Å². The van der Waals surface area contributed by atoms with Crippen molar-refractivity contribution in [3.05, 3.63) is 33.8 Å². The Morgan fingerprint density at radius 2 is 1.80 bits per heavy atom. The van der Waals surface area contributed by atoms with Gasteiger partial charge >= 0.3 is 5.97 Å². The number of benzene rings is 1. The normalized spacial score (nSPS) is 15.1. The summed E-state index contributed by atoms with van der Waals surface area (Å²) in [7, 11) is 0. The molecule has 1 saturated carbocycles. The van der Waals surface area contributed by atoms with E-state index in [0.29, 0.717) is 0 Å². The van der Waals surface area contributed by atoms with Crippen molar-refractivity contribution < 1.29 is 14.3 Å². The first-order chi connectivity index (χ1) is 9.58. The summed E-state index contributed by atoms with van der Waals surface area (Å²) in [5.41, 5.74) is 0.0875. The van der Waals surface area contributed by atoms with Crippen LogP contribution in [0.15, 0.2) is 18.2 Å². The van der Waals surface area contributed by atoms with E-state index < -0.39 is 5.97 Å². The standard InChI is InChI=1S/C14H15Cl2NO3/c15-10-6-3-7-11(16)13(10)14(19)20-8-12(18)17-9-4-1-2-5-9/h3,6-7,9H,1-2,4-5,8H2,(H,17,18). The van der Waals surface area contributed by atoms with Crippen molar-refractivity contribution in [1.29, 1.82) is 0 Å². The van der Waals surface area contributed by atoms with Gasteiger partial charge in [0.25, 0.3) is 5.91 Å². The number of hydrogen-bond donors (Lipinski definition) is 1. The topological polar surface area (TPSA) is 55.4 Å². The van der Waals surface area contributed by atoms with Gasteiger partial charge in [0.1, 0.15) is 0 Å². The number of halogens is 2. The molecule has 1 aliphatic carbocycles. The van der Waals surface area contributed by atoms with Gasteiger partial charge in [-0.2, -0.15) is 0 Å². The van der Waals surface area contributed by atoms with Crippen molar-refractivity contribution in [3.8, 4) is 0 Å². The summed E-state index contributed by atoms with van der Waals surface area (Å²) in [5, 5.41) is 3.25. The molecule has 20 heavy (non-hydrogen) atoms. The molecule has 0 atom stereocenters. The van der Waals surface area contributed by atoms with E-state index in [-0.39, 0.29) is 34.2 Å². The lowest BCUT2D eigenvalue weighted by Gasteiger charge is -2.12. The first-order valence-corrected chi connectivity index (χ1v) is 7.24. The van der Waals surface area contributed by atoms with Gasteiger partial charge in [0.15, 0.2) is 6.61 Å². The maximum atomic E-state index is 11.9. The summed E-state index contributed by atoms with van der Waals surface area (Å²) < 4.78 is 4.94. The first-order valence-electron chi connectivity index (χ1n) is 6.48. The van der Waals surface area contributed by atoms with Crippen molar-refractivity contribution in [2.24, 2.45) is 0 Å². The zero-order valence-corrected chi connectivity index (χ0v) is 12.3. The molecule has 1 amide bonds. The molecule has 1 aromatic carbocycles. The second kappa shape index (κ2) is 6.95. The lowest BCUT2D eigenvalue weighted by Crippen LogP contribution is -2.35. The van der Waals surface area contributed by atoms with Crippen LogP contribution in [-0.4, -0.2) is 24.5 Å². The number of hydrogen-bond acceptors (Lipinski definition) is 3. The average Bonchev–Trinajstić information content (AvgIpc) is 2.89. The monoisotopic (exact) mass is 315 g/mol. The highest BCUT2D eigenvalue weighted by Crippen LogP contribution is 2.24. The molecule has 1 N–H and O–H groups in total. The predicted octanol–water partition coefficient (Wildman–Crippen LogP) is 3.21. The van der Waals surface area contributed by atoms with Gasteiger partial charge in [-0.15, -0.1) is 0 Å². The summed E-state index contributed by atoms with van der Waals surface area (Å²) in [6.07, 6.45) is 4.21. The van der Waals surface area contributed by atoms with Crippen molar-refractivity contribution in [2.75, 3.05) is 6.61 Å². The predicted molar refractivity (Wildman–Crippen MR) is 77.1 cm³/mol. The van der Waals surface area contributed by atoms with Crippen molar-refractivity contribution in [2.45, 2.75) is 31.7 Å². The Morgan fingerprint density at radius 3 is 2.40 bits per heavy atom. The molecule has 0 spiro atoms. The molecule has 0 aromatic heterocycles. The van der Waals surface area contributed by atoms with Gasteiger partial charge in [0.05, 0.1) is 15.6 Å². The van der Waals surface area contributed by atoms with Crippen molar-refractivity contribution in [3.63, 3.8) is 0 Å². The minimum absolute atomic E-state index is 0.0875. The second-order valence-corrected chi connectivity index (χ2v) is 5.54. The highest BCUT2D eigenvalue weighted by molar-refractivity contribution is 6.39. The van der Waals surface area contributed by atoms with Crippen LogP contribution in [-0.2, 0) is 9.53 Å². The first kappa shape index (κ1) is 15.1. The van der Waals surface area contributed by atoms with Gasteiger partial charge in [-0.1, -0.05) is 42.1 Å². The smallest absolute Gasteiger partial charge is 0.341 e. The van der Waals surface area contributed by atoms with Gasteiger partial charge in [0.2, 0.25) is 0 Å². The lowest BCUT2D eigenvalue weighted by atomic mass is 10.2. The number of rotatable bonds is 4. The van der Waals surface area contributed by atoms with E-state index in [0.717, 1.165) is 25.7 Å². The fraction of sp³-hybridized carbons (Fsp3) is 0.429. The largest absolute Gasteiger partial charge is 0.452 e. The molecule has 4 nitrogen and oxygen atoms in total. The quantitative estimate of drug-likeness (QED) is 0.868. The third-order valence-corrected chi connectivity index (χ3v) is 3.85. The fourth-order valence-electron chi connectivity index (χ4n) is 2.24. The average molecular weight is 316 g/mol. The van der Waals surface area contributed by atoms with E-state index in [4.69, 9.17) is 27.9 Å². The van der Waals surface area contributed by atoms with E-state index in [1.807, 2.05) is 0 Å². The third-order valence-electron chi connectivity index (χ3n) is 3.22. The Kier molecular flexibility index (Phi) is 5.26. The highest BCUT2D eigenvalue weighted by atomic mass is 35.5. The van der Waals surface area contributed by atoms with E-state index in [2.05, 4.69) is 5.32 Å². The van der Waals surface area contributed by atoms with Gasteiger partial charge in [-0.25, -0.2) is 4.79 Å². The van der Waals surface area contributed by atoms with Crippen LogP contribution in [0.5, 0.6) is 0 Å². The zero-order chi connectivity index (χ0) is 14.5. The Balaban J connectivity index is 1.87. The molecule has 0 aliphatic heterocycles. The molecule has 0 unspecified atom stereocenters. The molecule has 0 saturated heterocycles. The summed E-state index contributed by atoms with van der Waals surface area (Å²) in [4.78, 5) is 23.5. The van der Waals surface area contributed by atoms with Crippen LogP contribution in [0.25, 0.3) is 0 Å². The fourth-order valence-corrected chi connectivity index (χ4v) is 2.79. The molecule has 2 rings (SSSR count). The van der Waals surface area contributed by atoms with Crippen LogP contribution in [0.3, 0.4) is 0 Å². The molecular weight excluding hydrogens is 301 g/mol. The maximum Gasteiger partial charge on any atom is 0.341 e. The van der Waals surface area contributed by atoms with E-state index in [9.17, 15) is 9.59 Å². The summed E-state index contributed by atoms with van der Waals surface area (Å²) >= 11 is 11.8. The van der Waals surface area contributed by atoms with Gasteiger partial charge < -0.3 is 10.1 Å². The van der Waals surface area contributed by atoms with Gasteiger partial charge in [-0.3, -0.25) is 4.79 Å². The van der Waals surface area contributed by atoms with Crippen molar-refractivity contribution in [1.82, 2.24) is 5.32 Å². The van der Waals surface area contributed by atoms with Crippen LogP contribution in [0.2, 0.25) is 10.0 Å². The van der Waals surface area contributed by atoms with Crippen LogP contribution < -0.4 is 5.32 Å². The van der Waals surface area contributed by atoms with Crippen LogP contribution in [0.1, 0.15) is 36.0 Å². The number of ether oxygens (including phenoxy) is 1. The van der Waals surface area contributed by atoms with E-state index in [1.54, 1.807) is 18.2 Å². The lowest BCUT2D eigenvalue weighted by molar-refractivity contribution is -0.124. The molecule has 0 radical (unpaired) electrons. The summed E-state index contributed by atoms with van der Waals surface area (Å²) in [5.74, 6) is -0.990. The molecule has 108 valence electrons.